The van der Waals surface area contributed by atoms with E-state index in [0.29, 0.717) is 10.6 Å². The Bertz CT molecular complexity index is 289. The summed E-state index contributed by atoms with van der Waals surface area (Å²) in [6.07, 6.45) is -10.9. The Morgan fingerprint density at radius 2 is 0.938 bits per heavy atom. The Labute approximate surface area is 82.8 Å². The van der Waals surface area contributed by atoms with Crippen LogP contribution in [0.1, 0.15) is 0 Å². The predicted octanol–water partition coefficient (Wildman–Crippen LogP) is 0.463. The molecule has 16 heavy (non-hydrogen) atoms. The van der Waals surface area contributed by atoms with Gasteiger partial charge in [0.2, 0.25) is 0 Å². The minimum absolute atomic E-state index is 0.488. The Morgan fingerprint density at radius 1 is 0.688 bits per heavy atom. The monoisotopic (exact) mass is 252 g/mol. The summed E-state index contributed by atoms with van der Waals surface area (Å²) < 4.78 is 68.9. The maximum Gasteiger partial charge on any atom is 0.471 e. The maximum absolute atomic E-state index is 11.5. The zero-order chi connectivity index (χ0) is 13.1. The number of halogens is 6. The molecular formula is C5H2F6N2O3. The molecule has 0 saturated heterocycles. The number of carbonyl (C=O) groups is 3. The van der Waals surface area contributed by atoms with Gasteiger partial charge in [-0.25, -0.2) is 4.79 Å². The lowest BCUT2D eigenvalue weighted by Gasteiger charge is -2.08. The van der Waals surface area contributed by atoms with Gasteiger partial charge in [-0.1, -0.05) is 0 Å². The number of hydrogen-bond donors (Lipinski definition) is 2. The molecule has 0 aliphatic heterocycles. The number of hydrogen-bond acceptors (Lipinski definition) is 3. The highest BCUT2D eigenvalue weighted by molar-refractivity contribution is 6.04. The fraction of sp³-hybridized carbons (Fsp3) is 0.400. The van der Waals surface area contributed by atoms with Crippen LogP contribution in [0.25, 0.3) is 0 Å². The molecule has 0 saturated carbocycles. The third kappa shape index (κ3) is 4.61. The van der Waals surface area contributed by atoms with Crippen molar-refractivity contribution < 1.29 is 40.7 Å². The number of rotatable bonds is 0. The van der Waals surface area contributed by atoms with Gasteiger partial charge in [0, 0.05) is 0 Å². The second kappa shape index (κ2) is 4.37. The largest absolute Gasteiger partial charge is 0.471 e. The molecule has 0 atom stereocenters. The van der Waals surface area contributed by atoms with Crippen LogP contribution in [0.4, 0.5) is 31.1 Å². The minimum Gasteiger partial charge on any atom is -0.270 e. The quantitative estimate of drug-likeness (QED) is 0.615. The summed E-state index contributed by atoms with van der Waals surface area (Å²) in [6, 6.07) is -2.22. The lowest BCUT2D eigenvalue weighted by atomic mass is 10.5. The van der Waals surface area contributed by atoms with Crippen LogP contribution in [0.5, 0.6) is 0 Å². The third-order valence-corrected chi connectivity index (χ3v) is 0.969. The molecular weight excluding hydrogens is 250 g/mol. The topological polar surface area (TPSA) is 75.3 Å². The van der Waals surface area contributed by atoms with E-state index in [4.69, 9.17) is 0 Å². The highest BCUT2D eigenvalue weighted by Crippen LogP contribution is 2.15. The van der Waals surface area contributed by atoms with Gasteiger partial charge in [-0.2, -0.15) is 26.3 Å². The van der Waals surface area contributed by atoms with E-state index in [1.807, 2.05) is 0 Å². The molecule has 0 aromatic rings. The molecule has 0 aliphatic rings. The first-order chi connectivity index (χ1) is 6.94. The van der Waals surface area contributed by atoms with E-state index in [1.165, 1.54) is 0 Å². The first kappa shape index (κ1) is 14.2. The van der Waals surface area contributed by atoms with E-state index in [-0.39, 0.29) is 0 Å². The number of amides is 4. The van der Waals surface area contributed by atoms with Gasteiger partial charge >= 0.3 is 30.2 Å². The summed E-state index contributed by atoms with van der Waals surface area (Å²) in [4.78, 5) is 30.3. The van der Waals surface area contributed by atoms with Crippen molar-refractivity contribution >= 4 is 17.8 Å². The molecule has 0 spiro atoms. The van der Waals surface area contributed by atoms with Crippen molar-refractivity contribution in [3.8, 4) is 0 Å². The van der Waals surface area contributed by atoms with Crippen LogP contribution in [-0.2, 0) is 9.59 Å². The second-order valence-corrected chi connectivity index (χ2v) is 2.23. The number of imide groups is 2. The van der Waals surface area contributed by atoms with E-state index >= 15 is 0 Å². The lowest BCUT2D eigenvalue weighted by molar-refractivity contribution is -0.174. The molecule has 0 bridgehead atoms. The van der Waals surface area contributed by atoms with Crippen LogP contribution in [-0.4, -0.2) is 30.2 Å². The van der Waals surface area contributed by atoms with Crippen LogP contribution in [0.3, 0.4) is 0 Å². The van der Waals surface area contributed by atoms with Crippen LogP contribution in [0.2, 0.25) is 0 Å². The molecule has 0 radical (unpaired) electrons. The molecule has 0 rings (SSSR count). The highest BCUT2D eigenvalue weighted by atomic mass is 19.4. The number of urea groups is 1. The molecule has 4 amide bonds. The van der Waals surface area contributed by atoms with Gasteiger partial charge in [0.25, 0.3) is 0 Å². The second-order valence-electron chi connectivity index (χ2n) is 2.23. The van der Waals surface area contributed by atoms with Crippen molar-refractivity contribution in [1.82, 2.24) is 10.6 Å². The maximum atomic E-state index is 11.5. The standard InChI is InChI=1S/C5H2F6N2O3/c6-4(7,8)1(14)12-3(16)13-2(15)5(9,10)11/h(H2,12,13,14,15,16). The zero-order valence-electron chi connectivity index (χ0n) is 6.99. The van der Waals surface area contributed by atoms with Crippen LogP contribution in [0, 0.1) is 0 Å². The van der Waals surface area contributed by atoms with Crippen LogP contribution < -0.4 is 10.6 Å². The van der Waals surface area contributed by atoms with Gasteiger partial charge < -0.3 is 0 Å². The minimum atomic E-state index is -5.45. The van der Waals surface area contributed by atoms with Crippen molar-refractivity contribution in [3.63, 3.8) is 0 Å². The first-order valence-corrected chi connectivity index (χ1v) is 3.25. The molecule has 0 fully saturated rings. The number of nitrogens with one attached hydrogen (secondary N) is 2. The molecule has 0 heterocycles. The SMILES string of the molecule is O=C(NC(=O)C(F)(F)F)NC(=O)C(F)(F)F. The summed E-state index contributed by atoms with van der Waals surface area (Å²) in [6.45, 7) is 0. The molecule has 0 unspecified atom stereocenters. The zero-order valence-corrected chi connectivity index (χ0v) is 6.99. The normalized spacial score (nSPS) is 11.9. The summed E-state index contributed by atoms with van der Waals surface area (Å²) in [7, 11) is 0. The van der Waals surface area contributed by atoms with Crippen LogP contribution in [0.15, 0.2) is 0 Å². The fourth-order valence-electron chi connectivity index (χ4n) is 0.379. The first-order valence-electron chi connectivity index (χ1n) is 3.25. The smallest absolute Gasteiger partial charge is 0.270 e. The predicted molar refractivity (Wildman–Crippen MR) is 33.8 cm³/mol. The van der Waals surface area contributed by atoms with Gasteiger partial charge in [0.05, 0.1) is 0 Å². The Morgan fingerprint density at radius 3 is 1.12 bits per heavy atom. The van der Waals surface area contributed by atoms with Crippen molar-refractivity contribution in [2.45, 2.75) is 12.4 Å². The van der Waals surface area contributed by atoms with E-state index in [9.17, 15) is 40.7 Å². The Kier molecular flexibility index (Phi) is 3.87. The van der Waals surface area contributed by atoms with E-state index in [2.05, 4.69) is 0 Å². The molecule has 5 nitrogen and oxygen atoms in total. The van der Waals surface area contributed by atoms with Crippen molar-refractivity contribution in [2.75, 3.05) is 0 Å². The number of carbonyl (C=O) groups excluding carboxylic acids is 3. The molecule has 11 heteroatoms. The fourth-order valence-corrected chi connectivity index (χ4v) is 0.379. The van der Waals surface area contributed by atoms with E-state index in [0.717, 1.165) is 0 Å². The average Bonchev–Trinajstić information content (AvgIpc) is 1.99. The Balaban J connectivity index is 4.32. The third-order valence-electron chi connectivity index (χ3n) is 0.969. The summed E-state index contributed by atoms with van der Waals surface area (Å²) in [5, 5.41) is 0.976. The molecule has 0 aromatic heterocycles. The van der Waals surface area contributed by atoms with E-state index < -0.39 is 30.2 Å². The number of alkyl halides is 6. The van der Waals surface area contributed by atoms with Gasteiger partial charge in [-0.15, -0.1) is 0 Å². The van der Waals surface area contributed by atoms with Crippen LogP contribution >= 0.6 is 0 Å². The van der Waals surface area contributed by atoms with Crippen molar-refractivity contribution in [2.24, 2.45) is 0 Å². The molecule has 2 N–H and O–H groups in total. The van der Waals surface area contributed by atoms with Gasteiger partial charge in [0.1, 0.15) is 0 Å². The lowest BCUT2D eigenvalue weighted by Crippen LogP contribution is -2.50. The van der Waals surface area contributed by atoms with E-state index in [1.54, 1.807) is 0 Å². The van der Waals surface area contributed by atoms with Gasteiger partial charge in [-0.3, -0.25) is 20.2 Å². The Hall–Kier alpha value is -1.81. The summed E-state index contributed by atoms with van der Waals surface area (Å²) in [5.41, 5.74) is 0. The summed E-state index contributed by atoms with van der Waals surface area (Å²) in [5.74, 6) is -5.58. The molecule has 92 valence electrons. The van der Waals surface area contributed by atoms with Gasteiger partial charge in [0.15, 0.2) is 0 Å². The van der Waals surface area contributed by atoms with Crippen molar-refractivity contribution in [3.05, 3.63) is 0 Å². The highest BCUT2D eigenvalue weighted by Gasteiger charge is 2.42. The molecule has 0 aliphatic carbocycles. The summed E-state index contributed by atoms with van der Waals surface area (Å²) >= 11 is 0. The van der Waals surface area contributed by atoms with Crippen molar-refractivity contribution in [1.29, 1.82) is 0 Å². The average molecular weight is 252 g/mol. The van der Waals surface area contributed by atoms with Gasteiger partial charge in [-0.05, 0) is 0 Å². The molecule has 0 aromatic carbocycles.